The maximum absolute atomic E-state index is 13.8. The zero-order valence-electron chi connectivity index (χ0n) is 16.7. The van der Waals surface area contributed by atoms with Crippen LogP contribution in [0.5, 0.6) is 11.5 Å². The van der Waals surface area contributed by atoms with Gasteiger partial charge in [0.05, 0.1) is 31.0 Å². The van der Waals surface area contributed by atoms with E-state index in [1.807, 2.05) is 0 Å². The fourth-order valence-electron chi connectivity index (χ4n) is 3.09. The van der Waals surface area contributed by atoms with E-state index in [1.54, 1.807) is 6.92 Å². The van der Waals surface area contributed by atoms with Crippen LogP contribution in [0.2, 0.25) is 0 Å². The number of amides is 1. The summed E-state index contributed by atoms with van der Waals surface area (Å²) in [6.07, 6.45) is -2.98. The van der Waals surface area contributed by atoms with Gasteiger partial charge in [0.2, 0.25) is 6.29 Å². The van der Waals surface area contributed by atoms with Crippen molar-refractivity contribution in [2.45, 2.75) is 44.6 Å². The minimum absolute atomic E-state index is 0.0113. The number of methoxy groups -OCH3 is 1. The van der Waals surface area contributed by atoms with Crippen LogP contribution in [0.1, 0.15) is 24.5 Å². The number of likely N-dealkylation sites (N-methyl/N-ethyl adjacent to an activating group) is 1. The Balaban J connectivity index is 2.35. The molecule has 1 aromatic rings. The number of hydrogen-bond acceptors (Lipinski definition) is 8. The lowest BCUT2D eigenvalue weighted by atomic mass is 10.0. The lowest BCUT2D eigenvalue weighted by Crippen LogP contribution is -2.51. The van der Waals surface area contributed by atoms with E-state index in [1.165, 1.54) is 25.3 Å². The number of benzene rings is 1. The van der Waals surface area contributed by atoms with Crippen LogP contribution >= 0.6 is 0 Å². The number of alkyl halides is 1. The molecule has 2 rings (SSSR count). The number of carbonyl (C=O) groups excluding carboxylic acids is 2. The summed E-state index contributed by atoms with van der Waals surface area (Å²) in [4.78, 5) is 23.2. The summed E-state index contributed by atoms with van der Waals surface area (Å²) < 4.78 is 30.2. The monoisotopic (exact) mass is 427 g/mol. The van der Waals surface area contributed by atoms with Gasteiger partial charge >= 0.3 is 0 Å². The molecule has 1 saturated heterocycles. The normalized spacial score (nSPS) is 24.3. The van der Waals surface area contributed by atoms with Gasteiger partial charge < -0.3 is 34.8 Å². The Hall–Kier alpha value is -2.53. The van der Waals surface area contributed by atoms with Gasteiger partial charge in [0.25, 0.3) is 5.91 Å². The number of aliphatic hydroxyl groups excluding tert-OH is 3. The molecule has 0 radical (unpaired) electrons. The molecule has 4 N–H and O–H groups in total. The number of hydrogen-bond donors (Lipinski definition) is 4. The summed E-state index contributed by atoms with van der Waals surface area (Å²) in [5.41, 5.74) is 0.142. The maximum atomic E-state index is 13.8. The second kappa shape index (κ2) is 11.0. The van der Waals surface area contributed by atoms with E-state index in [-0.39, 0.29) is 29.1 Å². The SMILES string of the molecule is CCNC(=O)/C(C=O)=C/c1ccc(OC2CC(O)C(O)C(CO)O2)c(CF)c1OC. The van der Waals surface area contributed by atoms with Crippen molar-refractivity contribution in [1.29, 1.82) is 0 Å². The van der Waals surface area contributed by atoms with Gasteiger partial charge in [0, 0.05) is 18.5 Å². The van der Waals surface area contributed by atoms with Gasteiger partial charge in [-0.15, -0.1) is 0 Å². The highest BCUT2D eigenvalue weighted by atomic mass is 19.1. The van der Waals surface area contributed by atoms with E-state index >= 15 is 0 Å². The predicted molar refractivity (Wildman–Crippen MR) is 104 cm³/mol. The molecule has 1 aromatic carbocycles. The van der Waals surface area contributed by atoms with Gasteiger partial charge in [-0.1, -0.05) is 0 Å². The van der Waals surface area contributed by atoms with E-state index in [9.17, 15) is 29.3 Å². The van der Waals surface area contributed by atoms with Crippen molar-refractivity contribution in [3.63, 3.8) is 0 Å². The van der Waals surface area contributed by atoms with Crippen molar-refractivity contribution < 1.29 is 43.5 Å². The molecule has 0 spiro atoms. The molecule has 4 unspecified atom stereocenters. The summed E-state index contributed by atoms with van der Waals surface area (Å²) in [5.74, 6) is -0.453. The Morgan fingerprint density at radius 1 is 1.40 bits per heavy atom. The molecular formula is C20H26FNO8. The van der Waals surface area contributed by atoms with E-state index in [0.717, 1.165) is 0 Å². The standard InChI is InChI=1S/C20H26FNO8/c1-3-22-20(27)12(9-23)6-11-4-5-15(13(8-21)19(11)28-2)29-17-7-14(25)18(26)16(10-24)30-17/h4-6,9,14,16-18,24-26H,3,7-8,10H2,1-2H3,(H,22,27)/b12-6+. The molecular weight excluding hydrogens is 401 g/mol. The molecule has 1 aliphatic rings. The average Bonchev–Trinajstić information content (AvgIpc) is 2.74. The van der Waals surface area contributed by atoms with E-state index in [2.05, 4.69) is 5.32 Å². The highest BCUT2D eigenvalue weighted by Crippen LogP contribution is 2.36. The van der Waals surface area contributed by atoms with Crippen LogP contribution in [0.3, 0.4) is 0 Å². The Kier molecular flexibility index (Phi) is 8.72. The zero-order chi connectivity index (χ0) is 22.3. The molecule has 9 nitrogen and oxygen atoms in total. The van der Waals surface area contributed by atoms with Crippen LogP contribution < -0.4 is 14.8 Å². The third kappa shape index (κ3) is 5.33. The molecule has 166 valence electrons. The minimum Gasteiger partial charge on any atom is -0.496 e. The number of nitrogens with one attached hydrogen (secondary N) is 1. The van der Waals surface area contributed by atoms with Gasteiger partial charge in [0.15, 0.2) is 6.29 Å². The lowest BCUT2D eigenvalue weighted by molar-refractivity contribution is -0.230. The predicted octanol–water partition coefficient (Wildman–Crippen LogP) is 0.0910. The van der Waals surface area contributed by atoms with Crippen LogP contribution in [-0.4, -0.2) is 72.4 Å². The topological polar surface area (TPSA) is 135 Å². The van der Waals surface area contributed by atoms with Crippen LogP contribution in [0, 0.1) is 0 Å². The fourth-order valence-corrected chi connectivity index (χ4v) is 3.09. The molecule has 1 aliphatic heterocycles. The van der Waals surface area contributed by atoms with E-state index in [4.69, 9.17) is 14.2 Å². The van der Waals surface area contributed by atoms with Gasteiger partial charge in [-0.25, -0.2) is 4.39 Å². The van der Waals surface area contributed by atoms with Crippen molar-refractivity contribution in [3.8, 4) is 11.5 Å². The maximum Gasteiger partial charge on any atom is 0.254 e. The largest absolute Gasteiger partial charge is 0.496 e. The number of ether oxygens (including phenoxy) is 3. The van der Waals surface area contributed by atoms with Crippen LogP contribution in [0.15, 0.2) is 17.7 Å². The number of halogens is 1. The summed E-state index contributed by atoms with van der Waals surface area (Å²) >= 11 is 0. The number of aldehydes is 1. The first-order chi connectivity index (χ1) is 14.4. The van der Waals surface area contributed by atoms with Crippen molar-refractivity contribution in [1.82, 2.24) is 5.32 Å². The van der Waals surface area contributed by atoms with Crippen molar-refractivity contribution in [2.24, 2.45) is 0 Å². The van der Waals surface area contributed by atoms with Crippen molar-refractivity contribution in [2.75, 3.05) is 20.3 Å². The van der Waals surface area contributed by atoms with Gasteiger partial charge in [-0.3, -0.25) is 9.59 Å². The third-order valence-corrected chi connectivity index (χ3v) is 4.60. The highest BCUT2D eigenvalue weighted by molar-refractivity contribution is 6.14. The second-order valence-corrected chi connectivity index (χ2v) is 6.57. The smallest absolute Gasteiger partial charge is 0.254 e. The summed E-state index contributed by atoms with van der Waals surface area (Å²) in [7, 11) is 1.31. The number of carbonyl (C=O) groups is 2. The van der Waals surface area contributed by atoms with Crippen molar-refractivity contribution >= 4 is 18.3 Å². The first kappa shape index (κ1) is 23.7. The average molecular weight is 427 g/mol. The molecule has 30 heavy (non-hydrogen) atoms. The minimum atomic E-state index is -1.27. The summed E-state index contributed by atoms with van der Waals surface area (Å²) in [5, 5.41) is 31.5. The van der Waals surface area contributed by atoms with E-state index in [0.29, 0.717) is 18.4 Å². The fraction of sp³-hybridized carbons (Fsp3) is 0.500. The molecule has 1 fully saturated rings. The highest BCUT2D eigenvalue weighted by Gasteiger charge is 2.37. The quantitative estimate of drug-likeness (QED) is 0.189. The molecule has 4 atom stereocenters. The second-order valence-electron chi connectivity index (χ2n) is 6.57. The summed E-state index contributed by atoms with van der Waals surface area (Å²) in [6, 6.07) is 2.89. The first-order valence-corrected chi connectivity index (χ1v) is 9.40. The van der Waals surface area contributed by atoms with E-state index < -0.39 is 43.8 Å². The molecule has 0 bridgehead atoms. The number of aliphatic hydroxyl groups is 3. The van der Waals surface area contributed by atoms with Gasteiger partial charge in [-0.05, 0) is 25.1 Å². The third-order valence-electron chi connectivity index (χ3n) is 4.60. The molecule has 0 aliphatic carbocycles. The zero-order valence-corrected chi connectivity index (χ0v) is 16.7. The first-order valence-electron chi connectivity index (χ1n) is 9.40. The van der Waals surface area contributed by atoms with Gasteiger partial charge in [-0.2, -0.15) is 0 Å². The Morgan fingerprint density at radius 2 is 2.13 bits per heavy atom. The van der Waals surface area contributed by atoms with Crippen LogP contribution in [-0.2, 0) is 21.0 Å². The lowest BCUT2D eigenvalue weighted by Gasteiger charge is -2.36. The Morgan fingerprint density at radius 3 is 2.70 bits per heavy atom. The molecule has 0 aromatic heterocycles. The molecule has 10 heteroatoms. The van der Waals surface area contributed by atoms with Crippen LogP contribution in [0.25, 0.3) is 6.08 Å². The molecule has 1 amide bonds. The molecule has 0 saturated carbocycles. The number of rotatable bonds is 9. The molecule has 1 heterocycles. The van der Waals surface area contributed by atoms with Crippen molar-refractivity contribution in [3.05, 3.63) is 28.8 Å². The Bertz CT molecular complexity index is 784. The van der Waals surface area contributed by atoms with Crippen LogP contribution in [0.4, 0.5) is 4.39 Å². The Labute approximate surface area is 173 Å². The van der Waals surface area contributed by atoms with Gasteiger partial charge in [0.1, 0.15) is 30.4 Å². The summed E-state index contributed by atoms with van der Waals surface area (Å²) in [6.45, 7) is 0.522.